The van der Waals surface area contributed by atoms with Crippen LogP contribution in [-0.2, 0) is 12.0 Å². The molecule has 0 radical (unpaired) electrons. The van der Waals surface area contributed by atoms with Crippen molar-refractivity contribution in [3.05, 3.63) is 54.1 Å². The van der Waals surface area contributed by atoms with Gasteiger partial charge in [0.1, 0.15) is 22.9 Å². The largest absolute Gasteiger partial charge is 0.367 e. The predicted molar refractivity (Wildman–Crippen MR) is 136 cm³/mol. The number of anilines is 3. The molecule has 1 fully saturated rings. The molecule has 2 aliphatic rings. The first-order valence-corrected chi connectivity index (χ1v) is 12.2. The zero-order valence-electron chi connectivity index (χ0n) is 20.5. The number of pyridine rings is 1. The molecular weight excluding hydrogens is 462 g/mol. The first-order valence-electron chi connectivity index (χ1n) is 12.2. The number of benzene rings is 1. The molecular formula is C26H28F2N8. The topological polar surface area (TPSA) is 83.8 Å². The van der Waals surface area contributed by atoms with Crippen molar-refractivity contribution in [3.63, 3.8) is 0 Å². The lowest BCUT2D eigenvalue weighted by Crippen LogP contribution is -2.49. The molecule has 0 unspecified atom stereocenters. The highest BCUT2D eigenvalue weighted by molar-refractivity contribution is 5.83. The highest BCUT2D eigenvalue weighted by atomic mass is 19.1. The number of aryl methyl sites for hydroxylation is 1. The average molecular weight is 491 g/mol. The summed E-state index contributed by atoms with van der Waals surface area (Å²) in [6.07, 6.45) is 4.60. The lowest BCUT2D eigenvalue weighted by molar-refractivity contribution is 0.386. The maximum Gasteiger partial charge on any atom is 0.229 e. The smallest absolute Gasteiger partial charge is 0.229 e. The van der Waals surface area contributed by atoms with Gasteiger partial charge in [-0.25, -0.2) is 28.7 Å². The highest BCUT2D eigenvalue weighted by Gasteiger charge is 2.33. The molecule has 1 aromatic carbocycles. The van der Waals surface area contributed by atoms with E-state index in [1.807, 2.05) is 12.1 Å². The van der Waals surface area contributed by atoms with Crippen LogP contribution in [0.4, 0.5) is 26.2 Å². The number of aromatic nitrogens is 5. The van der Waals surface area contributed by atoms with Crippen molar-refractivity contribution in [2.45, 2.75) is 45.2 Å². The van der Waals surface area contributed by atoms with Crippen LogP contribution in [0.5, 0.6) is 0 Å². The van der Waals surface area contributed by atoms with Crippen LogP contribution in [0.1, 0.15) is 33.0 Å². The Kier molecular flexibility index (Phi) is 5.36. The van der Waals surface area contributed by atoms with Crippen LogP contribution in [0.15, 0.2) is 36.7 Å². The summed E-state index contributed by atoms with van der Waals surface area (Å²) in [6, 6.07) is 7.30. The molecule has 0 spiro atoms. The van der Waals surface area contributed by atoms with E-state index < -0.39 is 11.6 Å². The van der Waals surface area contributed by atoms with Gasteiger partial charge in [-0.2, -0.15) is 0 Å². The normalized spacial score (nSPS) is 19.0. The monoisotopic (exact) mass is 490 g/mol. The van der Waals surface area contributed by atoms with Crippen molar-refractivity contribution in [3.8, 4) is 11.3 Å². The second-order valence-corrected chi connectivity index (χ2v) is 10.2. The van der Waals surface area contributed by atoms with Gasteiger partial charge in [-0.05, 0) is 51.5 Å². The van der Waals surface area contributed by atoms with Crippen molar-refractivity contribution in [2.75, 3.05) is 29.9 Å². The molecule has 1 atom stereocenters. The number of nitrogens with zero attached hydrogens (tertiary/aromatic N) is 6. The molecule has 0 saturated carbocycles. The fourth-order valence-corrected chi connectivity index (χ4v) is 5.25. The number of imidazole rings is 1. The van der Waals surface area contributed by atoms with E-state index in [1.54, 1.807) is 12.3 Å². The van der Waals surface area contributed by atoms with E-state index in [-0.39, 0.29) is 17.2 Å². The van der Waals surface area contributed by atoms with Crippen molar-refractivity contribution in [2.24, 2.45) is 0 Å². The zero-order chi connectivity index (χ0) is 25.0. The Balaban J connectivity index is 1.30. The van der Waals surface area contributed by atoms with E-state index >= 15 is 4.39 Å². The van der Waals surface area contributed by atoms with E-state index in [2.05, 4.69) is 60.8 Å². The van der Waals surface area contributed by atoms with Crippen LogP contribution in [0.2, 0.25) is 0 Å². The number of hydrogen-bond acceptors (Lipinski definition) is 7. The molecule has 10 heteroatoms. The first kappa shape index (κ1) is 22.8. The molecule has 6 rings (SSSR count). The SMILES string of the molecule is C[C@@H]1CN(c2ccc(Nc3ncc(F)c(-c4cc(F)c5nc6n(c5c4)C(C)(C)CC6)n3)nc2)CCN1. The molecule has 3 aromatic heterocycles. The van der Waals surface area contributed by atoms with Gasteiger partial charge >= 0.3 is 0 Å². The number of fused-ring (bicyclic) bond motifs is 3. The lowest BCUT2D eigenvalue weighted by Gasteiger charge is -2.33. The minimum Gasteiger partial charge on any atom is -0.367 e. The summed E-state index contributed by atoms with van der Waals surface area (Å²) in [6.45, 7) is 9.12. The van der Waals surface area contributed by atoms with Gasteiger partial charge in [-0.1, -0.05) is 0 Å². The Morgan fingerprint density at radius 1 is 1.08 bits per heavy atom. The molecule has 2 aliphatic heterocycles. The van der Waals surface area contributed by atoms with Gasteiger partial charge in [-0.15, -0.1) is 0 Å². The Bertz CT molecular complexity index is 1450. The quantitative estimate of drug-likeness (QED) is 0.439. The number of hydrogen-bond donors (Lipinski definition) is 2. The van der Waals surface area contributed by atoms with Gasteiger partial charge in [0.05, 0.1) is 23.6 Å². The number of halogens is 2. The maximum absolute atomic E-state index is 15.1. The van der Waals surface area contributed by atoms with E-state index in [4.69, 9.17) is 0 Å². The summed E-state index contributed by atoms with van der Waals surface area (Å²) in [5, 5.41) is 6.47. The van der Waals surface area contributed by atoms with E-state index in [0.717, 1.165) is 50.2 Å². The third kappa shape index (κ3) is 3.95. The minimum absolute atomic E-state index is 0.0195. The van der Waals surface area contributed by atoms with Crippen LogP contribution in [0.3, 0.4) is 0 Å². The Morgan fingerprint density at radius 3 is 2.72 bits per heavy atom. The number of piperazine rings is 1. The molecule has 36 heavy (non-hydrogen) atoms. The first-order chi connectivity index (χ1) is 17.3. The molecule has 5 heterocycles. The molecule has 186 valence electrons. The second kappa shape index (κ2) is 8.48. The summed E-state index contributed by atoms with van der Waals surface area (Å²) in [4.78, 5) is 19.7. The highest BCUT2D eigenvalue weighted by Crippen LogP contribution is 2.38. The predicted octanol–water partition coefficient (Wildman–Crippen LogP) is 4.39. The molecule has 8 nitrogen and oxygen atoms in total. The molecule has 4 aromatic rings. The van der Waals surface area contributed by atoms with Crippen molar-refractivity contribution in [1.82, 2.24) is 29.8 Å². The Morgan fingerprint density at radius 2 is 1.94 bits per heavy atom. The molecule has 0 amide bonds. The van der Waals surface area contributed by atoms with Gasteiger partial charge in [0.25, 0.3) is 0 Å². The van der Waals surface area contributed by atoms with Gasteiger partial charge in [0.15, 0.2) is 11.6 Å². The minimum atomic E-state index is -0.629. The maximum atomic E-state index is 15.1. The van der Waals surface area contributed by atoms with Crippen molar-refractivity contribution in [1.29, 1.82) is 0 Å². The van der Waals surface area contributed by atoms with Gasteiger partial charge in [0, 0.05) is 43.2 Å². The third-order valence-electron chi connectivity index (χ3n) is 7.09. The van der Waals surface area contributed by atoms with E-state index in [0.29, 0.717) is 28.5 Å². The zero-order valence-corrected chi connectivity index (χ0v) is 20.5. The Hall–Kier alpha value is -3.66. The summed E-state index contributed by atoms with van der Waals surface area (Å²) in [5.74, 6) is 0.447. The molecule has 0 aliphatic carbocycles. The van der Waals surface area contributed by atoms with Crippen LogP contribution >= 0.6 is 0 Å². The summed E-state index contributed by atoms with van der Waals surface area (Å²) in [7, 11) is 0. The molecule has 2 N–H and O–H groups in total. The number of nitrogens with one attached hydrogen (secondary N) is 2. The second-order valence-electron chi connectivity index (χ2n) is 10.2. The van der Waals surface area contributed by atoms with Gasteiger partial charge in [0.2, 0.25) is 5.95 Å². The van der Waals surface area contributed by atoms with E-state index in [9.17, 15) is 4.39 Å². The van der Waals surface area contributed by atoms with Crippen LogP contribution in [0.25, 0.3) is 22.3 Å². The number of rotatable bonds is 4. The lowest BCUT2D eigenvalue weighted by atomic mass is 10.0. The average Bonchev–Trinajstić information content (AvgIpc) is 3.38. The van der Waals surface area contributed by atoms with Crippen molar-refractivity contribution >= 4 is 28.5 Å². The molecule has 0 bridgehead atoms. The van der Waals surface area contributed by atoms with Gasteiger partial charge in [-0.3, -0.25) is 0 Å². The summed E-state index contributed by atoms with van der Waals surface area (Å²) in [5.41, 5.74) is 2.16. The third-order valence-corrected chi connectivity index (χ3v) is 7.09. The molecule has 1 saturated heterocycles. The fraction of sp³-hybridized carbons (Fsp3) is 0.385. The van der Waals surface area contributed by atoms with Crippen LogP contribution in [-0.4, -0.2) is 50.2 Å². The fourth-order valence-electron chi connectivity index (χ4n) is 5.25. The standard InChI is InChI=1S/C26H28F2N8/c1-15-14-35(9-8-29-15)17-4-5-21(30-12-17)32-25-31-13-19(28)23(34-25)16-10-18(27)24-20(11-16)36-22(33-24)6-7-26(36,2)3/h4-5,10-13,15,29H,6-9,14H2,1-3H3,(H,30,31,32,34)/t15-/m1/s1. The van der Waals surface area contributed by atoms with Crippen LogP contribution < -0.4 is 15.5 Å². The van der Waals surface area contributed by atoms with Gasteiger partial charge < -0.3 is 20.1 Å². The Labute approximate surface area is 207 Å². The summed E-state index contributed by atoms with van der Waals surface area (Å²) < 4.78 is 32.0. The van der Waals surface area contributed by atoms with Crippen LogP contribution in [0, 0.1) is 11.6 Å². The van der Waals surface area contributed by atoms with E-state index in [1.165, 1.54) is 6.07 Å². The summed E-state index contributed by atoms with van der Waals surface area (Å²) >= 11 is 0. The van der Waals surface area contributed by atoms with Crippen molar-refractivity contribution < 1.29 is 8.78 Å².